The summed E-state index contributed by atoms with van der Waals surface area (Å²) >= 11 is 0. The van der Waals surface area contributed by atoms with E-state index in [0.29, 0.717) is 12.0 Å². The van der Waals surface area contributed by atoms with Crippen LogP contribution in [0.15, 0.2) is 33.0 Å². The Bertz CT molecular complexity index is 683. The van der Waals surface area contributed by atoms with Crippen molar-refractivity contribution >= 4 is 16.1 Å². The smallest absolute Gasteiger partial charge is 0.335 e. The maximum Gasteiger partial charge on any atom is 0.335 e. The standard InChI is InChI=1S/C18H25NO3S/c1-6-7-16-15(18(20)22-5)8-9-23(21,19-16)17-13(3)10-12(2)11-14(17)4/h8,10-11,16H,6-7,9H2,1-5H3/t16-,23?/m0/s1. The monoisotopic (exact) mass is 335 g/mol. The summed E-state index contributed by atoms with van der Waals surface area (Å²) in [5, 5.41) is 0. The van der Waals surface area contributed by atoms with E-state index >= 15 is 0 Å². The van der Waals surface area contributed by atoms with Gasteiger partial charge in [-0.05, 0) is 43.4 Å². The minimum Gasteiger partial charge on any atom is -0.626 e. The molecule has 126 valence electrons. The van der Waals surface area contributed by atoms with E-state index in [0.717, 1.165) is 28.0 Å². The number of benzene rings is 1. The van der Waals surface area contributed by atoms with Crippen LogP contribution in [0, 0.1) is 20.8 Å². The Labute approximate surface area is 139 Å². The van der Waals surface area contributed by atoms with E-state index in [-0.39, 0.29) is 17.8 Å². The minimum atomic E-state index is -2.55. The lowest BCUT2D eigenvalue weighted by molar-refractivity contribution is -0.136. The molecular formula is C18H25NO3S. The van der Waals surface area contributed by atoms with Gasteiger partial charge in [-0.15, -0.1) is 4.36 Å². The molecule has 0 aliphatic carbocycles. The second kappa shape index (κ2) is 6.97. The topological polar surface area (TPSA) is 61.7 Å². The lowest BCUT2D eigenvalue weighted by Gasteiger charge is -2.30. The number of hydrogen-bond acceptors (Lipinski definition) is 4. The molecule has 5 heteroatoms. The van der Waals surface area contributed by atoms with Crippen LogP contribution in [0.2, 0.25) is 0 Å². The van der Waals surface area contributed by atoms with Gasteiger partial charge >= 0.3 is 5.97 Å². The molecule has 1 aliphatic heterocycles. The molecule has 0 spiro atoms. The van der Waals surface area contributed by atoms with Crippen LogP contribution in [0.1, 0.15) is 36.5 Å². The molecule has 1 aliphatic rings. The molecule has 1 aromatic carbocycles. The zero-order chi connectivity index (χ0) is 17.2. The van der Waals surface area contributed by atoms with Crippen LogP contribution in [0.3, 0.4) is 0 Å². The first kappa shape index (κ1) is 17.9. The molecule has 1 heterocycles. The van der Waals surface area contributed by atoms with Crippen LogP contribution < -0.4 is 0 Å². The van der Waals surface area contributed by atoms with Crippen molar-refractivity contribution in [1.29, 1.82) is 0 Å². The van der Waals surface area contributed by atoms with Gasteiger partial charge in [0.15, 0.2) is 0 Å². The van der Waals surface area contributed by atoms with Gasteiger partial charge in [-0.2, -0.15) is 0 Å². The number of nitrogens with zero attached hydrogens (tertiary/aromatic N) is 1. The average Bonchev–Trinajstić information content (AvgIpc) is 2.45. The molecule has 1 unspecified atom stereocenters. The first-order valence-corrected chi connectivity index (χ1v) is 9.61. The van der Waals surface area contributed by atoms with Crippen LogP contribution in [-0.2, 0) is 19.6 Å². The molecule has 0 N–H and O–H groups in total. The number of methoxy groups -OCH3 is 1. The largest absolute Gasteiger partial charge is 0.626 e. The molecule has 0 aromatic heterocycles. The fourth-order valence-electron chi connectivity index (χ4n) is 3.27. The first-order valence-electron chi connectivity index (χ1n) is 7.92. The molecule has 2 rings (SSSR count). The van der Waals surface area contributed by atoms with Crippen LogP contribution in [0.4, 0.5) is 0 Å². The molecule has 0 amide bonds. The summed E-state index contributed by atoms with van der Waals surface area (Å²) in [5.41, 5.74) is 3.69. The molecule has 0 saturated carbocycles. The number of hydrogen-bond donors (Lipinski definition) is 0. The second-order valence-electron chi connectivity index (χ2n) is 6.10. The number of carbonyl (C=O) groups excluding carboxylic acids is 1. The van der Waals surface area contributed by atoms with Crippen molar-refractivity contribution in [2.45, 2.75) is 51.5 Å². The number of rotatable bonds is 4. The van der Waals surface area contributed by atoms with Crippen molar-refractivity contribution in [3.8, 4) is 0 Å². The van der Waals surface area contributed by atoms with Crippen LogP contribution in [0.25, 0.3) is 0 Å². The molecular weight excluding hydrogens is 310 g/mol. The number of aryl methyl sites for hydroxylation is 3. The Kier molecular flexibility index (Phi) is 5.42. The zero-order valence-electron chi connectivity index (χ0n) is 14.5. The normalized spacial score (nSPS) is 23.9. The van der Waals surface area contributed by atoms with Crippen LogP contribution in [0.5, 0.6) is 0 Å². The van der Waals surface area contributed by atoms with E-state index in [4.69, 9.17) is 4.74 Å². The maximum absolute atomic E-state index is 13.5. The Morgan fingerprint density at radius 1 is 1.35 bits per heavy atom. The van der Waals surface area contributed by atoms with Gasteiger partial charge in [0, 0.05) is 11.1 Å². The Morgan fingerprint density at radius 2 is 1.96 bits per heavy atom. The fourth-order valence-corrected chi connectivity index (χ4v) is 5.79. The van der Waals surface area contributed by atoms with Gasteiger partial charge in [-0.3, -0.25) is 0 Å². The zero-order valence-corrected chi connectivity index (χ0v) is 15.3. The molecule has 2 atom stereocenters. The van der Waals surface area contributed by atoms with Crippen molar-refractivity contribution in [3.05, 3.63) is 40.5 Å². The highest BCUT2D eigenvalue weighted by Crippen LogP contribution is 2.34. The summed E-state index contributed by atoms with van der Waals surface area (Å²) < 4.78 is 23.0. The quantitative estimate of drug-likeness (QED) is 0.622. The molecule has 0 radical (unpaired) electrons. The molecule has 1 aromatic rings. The third kappa shape index (κ3) is 3.56. The van der Waals surface area contributed by atoms with Crippen molar-refractivity contribution in [2.75, 3.05) is 12.9 Å². The predicted molar refractivity (Wildman–Crippen MR) is 93.2 cm³/mol. The molecule has 4 nitrogen and oxygen atoms in total. The van der Waals surface area contributed by atoms with E-state index in [1.165, 1.54) is 7.11 Å². The second-order valence-corrected chi connectivity index (χ2v) is 8.33. The highest BCUT2D eigenvalue weighted by Gasteiger charge is 2.33. The van der Waals surface area contributed by atoms with Gasteiger partial charge in [0.25, 0.3) is 0 Å². The van der Waals surface area contributed by atoms with Gasteiger partial charge in [0.2, 0.25) is 0 Å². The van der Waals surface area contributed by atoms with E-state index in [1.54, 1.807) is 6.08 Å². The molecule has 0 bridgehead atoms. The van der Waals surface area contributed by atoms with Gasteiger partial charge in [-0.1, -0.05) is 31.0 Å². The van der Waals surface area contributed by atoms with Crippen molar-refractivity contribution in [1.82, 2.24) is 0 Å². The van der Waals surface area contributed by atoms with Gasteiger partial charge in [-0.25, -0.2) is 4.79 Å². The van der Waals surface area contributed by atoms with E-state index < -0.39 is 10.1 Å². The summed E-state index contributed by atoms with van der Waals surface area (Å²) in [6.45, 7) is 8.02. The SMILES string of the molecule is CCC[C@@H]1N=[S+]([O-])(c2c(C)cc(C)cc2C)CC=C1C(=O)OC. The van der Waals surface area contributed by atoms with Gasteiger partial charge in [0.1, 0.15) is 16.7 Å². The Balaban J connectivity index is 2.53. The first-order chi connectivity index (χ1) is 10.8. The average molecular weight is 335 g/mol. The van der Waals surface area contributed by atoms with Crippen LogP contribution in [-0.4, -0.2) is 29.4 Å². The van der Waals surface area contributed by atoms with Crippen molar-refractivity contribution in [3.63, 3.8) is 0 Å². The van der Waals surface area contributed by atoms with Crippen LogP contribution >= 0.6 is 0 Å². The summed E-state index contributed by atoms with van der Waals surface area (Å²) in [6, 6.07) is 3.73. The van der Waals surface area contributed by atoms with E-state index in [2.05, 4.69) is 4.36 Å². The fraction of sp³-hybridized carbons (Fsp3) is 0.500. The summed E-state index contributed by atoms with van der Waals surface area (Å²) in [7, 11) is -1.18. The third-order valence-electron chi connectivity index (χ3n) is 4.09. The Hall–Kier alpha value is -1.46. The maximum atomic E-state index is 13.5. The van der Waals surface area contributed by atoms with Gasteiger partial charge in [0.05, 0.1) is 12.7 Å². The minimum absolute atomic E-state index is 0.266. The van der Waals surface area contributed by atoms with E-state index in [9.17, 15) is 9.35 Å². The summed E-state index contributed by atoms with van der Waals surface area (Å²) in [5.74, 6) is -0.103. The number of ether oxygens (including phenoxy) is 1. The van der Waals surface area contributed by atoms with Crippen molar-refractivity contribution < 1.29 is 14.1 Å². The van der Waals surface area contributed by atoms with E-state index in [1.807, 2.05) is 39.8 Å². The lowest BCUT2D eigenvalue weighted by atomic mass is 10.0. The lowest BCUT2D eigenvalue weighted by Crippen LogP contribution is -2.30. The molecule has 0 fully saturated rings. The highest BCUT2D eigenvalue weighted by molar-refractivity contribution is 8.00. The number of carbonyl (C=O) groups is 1. The molecule has 0 saturated heterocycles. The predicted octanol–water partition coefficient (Wildman–Crippen LogP) is 3.72. The number of esters is 1. The summed E-state index contributed by atoms with van der Waals surface area (Å²) in [6.07, 6.45) is 3.33. The van der Waals surface area contributed by atoms with Gasteiger partial charge < -0.3 is 9.29 Å². The molecule has 23 heavy (non-hydrogen) atoms. The van der Waals surface area contributed by atoms with Crippen molar-refractivity contribution in [2.24, 2.45) is 4.36 Å². The highest BCUT2D eigenvalue weighted by atomic mass is 32.3. The summed E-state index contributed by atoms with van der Waals surface area (Å²) in [4.78, 5) is 12.8. The Morgan fingerprint density at radius 3 is 2.48 bits per heavy atom. The third-order valence-corrected chi connectivity index (χ3v) is 6.59.